The molecule has 1 aromatic carbocycles. The lowest BCUT2D eigenvalue weighted by Crippen LogP contribution is -2.39. The van der Waals surface area contributed by atoms with Crippen molar-refractivity contribution in [2.45, 2.75) is 38.1 Å². The molecule has 0 radical (unpaired) electrons. The molecule has 1 aliphatic rings. The molecule has 6 nitrogen and oxygen atoms in total. The SMILES string of the molecule is Cc1ccc(C2CCCC2N(C)C(=O)c2cnc(C(=O)O)cn2)cc1. The van der Waals surface area contributed by atoms with Crippen LogP contribution in [0, 0.1) is 6.92 Å². The number of carbonyl (C=O) groups is 2. The van der Waals surface area contributed by atoms with Gasteiger partial charge in [-0.25, -0.2) is 14.8 Å². The minimum Gasteiger partial charge on any atom is -0.476 e. The third-order valence-electron chi connectivity index (χ3n) is 4.89. The summed E-state index contributed by atoms with van der Waals surface area (Å²) in [6.07, 6.45) is 5.43. The lowest BCUT2D eigenvalue weighted by molar-refractivity contribution is 0.0681. The van der Waals surface area contributed by atoms with Crippen molar-refractivity contribution in [3.63, 3.8) is 0 Å². The summed E-state index contributed by atoms with van der Waals surface area (Å²) >= 11 is 0. The van der Waals surface area contributed by atoms with Gasteiger partial charge in [-0.05, 0) is 25.3 Å². The summed E-state index contributed by atoms with van der Waals surface area (Å²) in [5.74, 6) is -1.08. The second kappa shape index (κ2) is 7.01. The third kappa shape index (κ3) is 3.52. The molecule has 1 saturated carbocycles. The van der Waals surface area contributed by atoms with Gasteiger partial charge in [0.05, 0.1) is 12.4 Å². The Kier molecular flexibility index (Phi) is 4.79. The maximum Gasteiger partial charge on any atom is 0.356 e. The highest BCUT2D eigenvalue weighted by Crippen LogP contribution is 2.37. The third-order valence-corrected chi connectivity index (χ3v) is 4.89. The van der Waals surface area contributed by atoms with Gasteiger partial charge in [0.1, 0.15) is 5.69 Å². The Hall–Kier alpha value is -2.76. The number of aryl methyl sites for hydroxylation is 1. The number of carboxylic acids is 1. The lowest BCUT2D eigenvalue weighted by Gasteiger charge is -2.30. The van der Waals surface area contributed by atoms with Crippen LogP contribution in [0.15, 0.2) is 36.7 Å². The van der Waals surface area contributed by atoms with Crippen LogP contribution in [0.25, 0.3) is 0 Å². The number of amides is 1. The van der Waals surface area contributed by atoms with E-state index in [1.807, 2.05) is 0 Å². The fourth-order valence-electron chi connectivity index (χ4n) is 3.49. The van der Waals surface area contributed by atoms with E-state index < -0.39 is 5.97 Å². The number of carboxylic acid groups (broad SMARTS) is 1. The number of benzene rings is 1. The van der Waals surface area contributed by atoms with Gasteiger partial charge in [0.2, 0.25) is 0 Å². The maximum absolute atomic E-state index is 12.7. The van der Waals surface area contributed by atoms with Crippen molar-refractivity contribution in [3.8, 4) is 0 Å². The van der Waals surface area contributed by atoms with Crippen LogP contribution in [-0.4, -0.2) is 44.9 Å². The van der Waals surface area contributed by atoms with Crippen LogP contribution < -0.4 is 0 Å². The second-order valence-corrected chi connectivity index (χ2v) is 6.52. The molecule has 1 N–H and O–H groups in total. The molecule has 3 rings (SSSR count). The minimum absolute atomic E-state index is 0.108. The van der Waals surface area contributed by atoms with Gasteiger partial charge >= 0.3 is 5.97 Å². The zero-order chi connectivity index (χ0) is 18.0. The average Bonchev–Trinajstić information content (AvgIpc) is 3.11. The summed E-state index contributed by atoms with van der Waals surface area (Å²) in [5.41, 5.74) is 2.47. The zero-order valence-electron chi connectivity index (χ0n) is 14.3. The predicted molar refractivity (Wildman–Crippen MR) is 92.6 cm³/mol. The Bertz CT molecular complexity index is 772. The van der Waals surface area contributed by atoms with Crippen molar-refractivity contribution in [3.05, 3.63) is 59.2 Å². The molecule has 2 unspecified atom stereocenters. The van der Waals surface area contributed by atoms with E-state index >= 15 is 0 Å². The molecule has 0 saturated heterocycles. The first-order valence-electron chi connectivity index (χ1n) is 8.36. The molecule has 1 fully saturated rings. The molecular weight excluding hydrogens is 318 g/mol. The molecule has 0 spiro atoms. The molecule has 0 aliphatic heterocycles. The fourth-order valence-corrected chi connectivity index (χ4v) is 3.49. The van der Waals surface area contributed by atoms with E-state index in [9.17, 15) is 9.59 Å². The monoisotopic (exact) mass is 339 g/mol. The van der Waals surface area contributed by atoms with Crippen molar-refractivity contribution in [1.29, 1.82) is 0 Å². The number of carbonyl (C=O) groups excluding carboxylic acids is 1. The van der Waals surface area contributed by atoms with E-state index in [1.165, 1.54) is 17.3 Å². The standard InChI is InChI=1S/C19H21N3O3/c1-12-6-8-13(9-7-12)14-4-3-5-17(14)22(2)18(23)15-10-21-16(11-20-15)19(24)25/h6-11,14,17H,3-5H2,1-2H3,(H,24,25). The van der Waals surface area contributed by atoms with Gasteiger partial charge in [0.15, 0.2) is 5.69 Å². The number of hydrogen-bond acceptors (Lipinski definition) is 4. The molecule has 130 valence electrons. The van der Waals surface area contributed by atoms with Crippen molar-refractivity contribution < 1.29 is 14.7 Å². The van der Waals surface area contributed by atoms with Crippen LogP contribution in [0.2, 0.25) is 0 Å². The first kappa shape index (κ1) is 17.1. The van der Waals surface area contributed by atoms with E-state index in [-0.39, 0.29) is 23.3 Å². The number of aromatic carboxylic acids is 1. The number of hydrogen-bond donors (Lipinski definition) is 1. The van der Waals surface area contributed by atoms with Gasteiger partial charge in [0.25, 0.3) is 5.91 Å². The summed E-state index contributed by atoms with van der Waals surface area (Å²) in [6, 6.07) is 8.58. The molecular formula is C19H21N3O3. The Morgan fingerprint density at radius 3 is 2.32 bits per heavy atom. The quantitative estimate of drug-likeness (QED) is 0.926. The van der Waals surface area contributed by atoms with Crippen molar-refractivity contribution in [2.24, 2.45) is 0 Å². The Balaban J connectivity index is 1.78. The van der Waals surface area contributed by atoms with E-state index in [4.69, 9.17) is 5.11 Å². The Labute approximate surface area is 146 Å². The topological polar surface area (TPSA) is 83.4 Å². The maximum atomic E-state index is 12.7. The second-order valence-electron chi connectivity index (χ2n) is 6.52. The minimum atomic E-state index is -1.16. The summed E-state index contributed by atoms with van der Waals surface area (Å²) in [4.78, 5) is 33.0. The molecule has 1 aliphatic carbocycles. The van der Waals surface area contributed by atoms with Crippen LogP contribution in [0.3, 0.4) is 0 Å². The number of likely N-dealkylation sites (N-methyl/N-ethyl adjacent to an activating group) is 1. The van der Waals surface area contributed by atoms with Crippen LogP contribution in [0.5, 0.6) is 0 Å². The van der Waals surface area contributed by atoms with E-state index in [0.717, 1.165) is 25.5 Å². The molecule has 2 aromatic rings. The molecule has 0 bridgehead atoms. The van der Waals surface area contributed by atoms with Gasteiger partial charge in [-0.3, -0.25) is 4.79 Å². The number of aromatic nitrogens is 2. The van der Waals surface area contributed by atoms with Crippen molar-refractivity contribution in [1.82, 2.24) is 14.9 Å². The molecule has 1 heterocycles. The zero-order valence-corrected chi connectivity index (χ0v) is 14.3. The summed E-state index contributed by atoms with van der Waals surface area (Å²) < 4.78 is 0. The highest BCUT2D eigenvalue weighted by Gasteiger charge is 2.34. The van der Waals surface area contributed by atoms with Gasteiger partial charge in [-0.1, -0.05) is 36.2 Å². The Morgan fingerprint density at radius 1 is 1.08 bits per heavy atom. The van der Waals surface area contributed by atoms with Crippen LogP contribution >= 0.6 is 0 Å². The molecule has 2 atom stereocenters. The van der Waals surface area contributed by atoms with Crippen molar-refractivity contribution in [2.75, 3.05) is 7.05 Å². The predicted octanol–water partition coefficient (Wildman–Crippen LogP) is 2.89. The highest BCUT2D eigenvalue weighted by molar-refractivity contribution is 5.93. The van der Waals surface area contributed by atoms with Crippen LogP contribution in [-0.2, 0) is 0 Å². The van der Waals surface area contributed by atoms with Gasteiger partial charge in [-0.2, -0.15) is 0 Å². The highest BCUT2D eigenvalue weighted by atomic mass is 16.4. The molecule has 1 amide bonds. The molecule has 1 aromatic heterocycles. The number of rotatable bonds is 4. The summed E-state index contributed by atoms with van der Waals surface area (Å²) in [6.45, 7) is 2.06. The van der Waals surface area contributed by atoms with Crippen LogP contribution in [0.1, 0.15) is 57.3 Å². The van der Waals surface area contributed by atoms with Gasteiger partial charge in [0, 0.05) is 19.0 Å². The smallest absolute Gasteiger partial charge is 0.356 e. The van der Waals surface area contributed by atoms with E-state index in [1.54, 1.807) is 11.9 Å². The average molecular weight is 339 g/mol. The number of nitrogens with zero attached hydrogens (tertiary/aromatic N) is 3. The summed E-state index contributed by atoms with van der Waals surface area (Å²) in [5, 5.41) is 8.88. The largest absolute Gasteiger partial charge is 0.476 e. The van der Waals surface area contributed by atoms with E-state index in [0.29, 0.717) is 5.92 Å². The fraction of sp³-hybridized carbons (Fsp3) is 0.368. The van der Waals surface area contributed by atoms with E-state index in [2.05, 4.69) is 41.2 Å². The van der Waals surface area contributed by atoms with Gasteiger partial charge < -0.3 is 10.0 Å². The first-order valence-corrected chi connectivity index (χ1v) is 8.36. The first-order chi connectivity index (χ1) is 12.0. The molecule has 25 heavy (non-hydrogen) atoms. The molecule has 6 heteroatoms. The Morgan fingerprint density at radius 2 is 1.72 bits per heavy atom. The summed E-state index contributed by atoms with van der Waals surface area (Å²) in [7, 11) is 1.78. The normalized spacial score (nSPS) is 19.6. The van der Waals surface area contributed by atoms with Gasteiger partial charge in [-0.15, -0.1) is 0 Å². The lowest BCUT2D eigenvalue weighted by atomic mass is 9.92. The van der Waals surface area contributed by atoms with Crippen LogP contribution in [0.4, 0.5) is 0 Å². The van der Waals surface area contributed by atoms with Crippen molar-refractivity contribution >= 4 is 11.9 Å².